The van der Waals surface area contributed by atoms with Gasteiger partial charge in [0.15, 0.2) is 17.3 Å². The van der Waals surface area contributed by atoms with Crippen molar-refractivity contribution in [3.63, 3.8) is 0 Å². The lowest BCUT2D eigenvalue weighted by molar-refractivity contribution is 0.104. The zero-order chi connectivity index (χ0) is 14.5. The van der Waals surface area contributed by atoms with E-state index in [4.69, 9.17) is 9.47 Å². The summed E-state index contributed by atoms with van der Waals surface area (Å²) in [6, 6.07) is 8.99. The van der Waals surface area contributed by atoms with Crippen molar-refractivity contribution in [3.05, 3.63) is 59.9 Å². The van der Waals surface area contributed by atoms with Crippen LogP contribution in [-0.4, -0.2) is 24.0 Å². The Balaban J connectivity index is 1.79. The molecule has 4 heteroatoms. The van der Waals surface area contributed by atoms with Crippen molar-refractivity contribution in [1.82, 2.24) is 4.98 Å². The van der Waals surface area contributed by atoms with Crippen molar-refractivity contribution in [3.8, 4) is 11.5 Å². The first-order chi connectivity index (χ1) is 10.3. The van der Waals surface area contributed by atoms with Crippen molar-refractivity contribution in [1.29, 1.82) is 0 Å². The second-order valence-corrected chi connectivity index (χ2v) is 4.70. The summed E-state index contributed by atoms with van der Waals surface area (Å²) in [7, 11) is 0. The van der Waals surface area contributed by atoms with Crippen LogP contribution < -0.4 is 9.47 Å². The number of hydrogen-bond acceptors (Lipinski definition) is 4. The topological polar surface area (TPSA) is 48.4 Å². The average Bonchev–Trinajstić information content (AvgIpc) is 2.78. The third kappa shape index (κ3) is 3.28. The minimum Gasteiger partial charge on any atom is -0.490 e. The van der Waals surface area contributed by atoms with Crippen LogP contribution in [0.3, 0.4) is 0 Å². The number of rotatable bonds is 3. The summed E-state index contributed by atoms with van der Waals surface area (Å²) >= 11 is 0. The second-order valence-electron chi connectivity index (χ2n) is 4.70. The molecule has 2 aromatic rings. The molecule has 0 radical (unpaired) electrons. The first-order valence-corrected chi connectivity index (χ1v) is 6.85. The number of ether oxygens (including phenoxy) is 2. The Morgan fingerprint density at radius 2 is 2.00 bits per heavy atom. The number of pyridine rings is 1. The molecule has 2 heterocycles. The number of nitrogens with zero attached hydrogens (tertiary/aromatic N) is 1. The molecule has 21 heavy (non-hydrogen) atoms. The fourth-order valence-corrected chi connectivity index (χ4v) is 2.06. The normalized spacial score (nSPS) is 13.9. The zero-order valence-corrected chi connectivity index (χ0v) is 11.5. The molecule has 0 N–H and O–H groups in total. The van der Waals surface area contributed by atoms with Crippen LogP contribution >= 0.6 is 0 Å². The van der Waals surface area contributed by atoms with E-state index in [0.29, 0.717) is 30.3 Å². The van der Waals surface area contributed by atoms with E-state index in [2.05, 4.69) is 4.98 Å². The maximum atomic E-state index is 12.2. The number of hydrogen-bond donors (Lipinski definition) is 0. The van der Waals surface area contributed by atoms with Gasteiger partial charge in [-0.2, -0.15) is 0 Å². The number of benzene rings is 1. The molecule has 0 spiro atoms. The van der Waals surface area contributed by atoms with E-state index in [1.165, 1.54) is 6.08 Å². The van der Waals surface area contributed by atoms with Gasteiger partial charge in [-0.3, -0.25) is 9.78 Å². The summed E-state index contributed by atoms with van der Waals surface area (Å²) < 4.78 is 11.1. The van der Waals surface area contributed by atoms with Crippen LogP contribution in [0.1, 0.15) is 22.3 Å². The quantitative estimate of drug-likeness (QED) is 0.640. The number of carbonyl (C=O) groups excluding carboxylic acids is 1. The highest BCUT2D eigenvalue weighted by Crippen LogP contribution is 2.30. The predicted molar refractivity (Wildman–Crippen MR) is 79.7 cm³/mol. The van der Waals surface area contributed by atoms with Crippen LogP contribution in [0, 0.1) is 0 Å². The number of allylic oxidation sites excluding steroid dienone is 1. The summed E-state index contributed by atoms with van der Waals surface area (Å²) in [6.07, 6.45) is 7.54. The maximum Gasteiger partial charge on any atom is 0.185 e. The lowest BCUT2D eigenvalue weighted by Gasteiger charge is -2.07. The van der Waals surface area contributed by atoms with Crippen LogP contribution in [0.25, 0.3) is 6.08 Å². The molecule has 1 aromatic carbocycles. The average molecular weight is 281 g/mol. The van der Waals surface area contributed by atoms with Gasteiger partial charge >= 0.3 is 0 Å². The minimum absolute atomic E-state index is 0.0745. The van der Waals surface area contributed by atoms with E-state index in [1.54, 1.807) is 36.7 Å². The molecule has 106 valence electrons. The van der Waals surface area contributed by atoms with Crippen molar-refractivity contribution in [2.45, 2.75) is 6.42 Å². The monoisotopic (exact) mass is 281 g/mol. The molecule has 0 bridgehead atoms. The highest BCUT2D eigenvalue weighted by atomic mass is 16.5. The molecule has 0 amide bonds. The highest BCUT2D eigenvalue weighted by molar-refractivity contribution is 6.07. The summed E-state index contributed by atoms with van der Waals surface area (Å²) in [5.74, 6) is 1.25. The molecule has 1 aliphatic heterocycles. The van der Waals surface area contributed by atoms with Gasteiger partial charge in [0.05, 0.1) is 13.2 Å². The van der Waals surface area contributed by atoms with E-state index in [9.17, 15) is 4.79 Å². The standard InChI is InChI=1S/C17H15NO3/c19-15(6-4-13-3-1-8-18-12-13)14-5-7-16-17(11-14)21-10-2-9-20-16/h1,3-8,11-12H,2,9-10H2. The van der Waals surface area contributed by atoms with Crippen molar-refractivity contribution in [2.75, 3.05) is 13.2 Å². The fraction of sp³-hybridized carbons (Fsp3) is 0.176. The van der Waals surface area contributed by atoms with E-state index < -0.39 is 0 Å². The van der Waals surface area contributed by atoms with Crippen LogP contribution in [-0.2, 0) is 0 Å². The van der Waals surface area contributed by atoms with Crippen molar-refractivity contribution in [2.24, 2.45) is 0 Å². The Hall–Kier alpha value is -2.62. The van der Waals surface area contributed by atoms with Gasteiger partial charge < -0.3 is 9.47 Å². The summed E-state index contributed by atoms with van der Waals surface area (Å²) in [5.41, 5.74) is 1.47. The summed E-state index contributed by atoms with van der Waals surface area (Å²) in [4.78, 5) is 16.2. The van der Waals surface area contributed by atoms with Gasteiger partial charge in [0.25, 0.3) is 0 Å². The second kappa shape index (κ2) is 6.22. The predicted octanol–water partition coefficient (Wildman–Crippen LogP) is 3.14. The molecule has 3 rings (SSSR count). The molecule has 1 aliphatic rings. The van der Waals surface area contributed by atoms with Crippen LogP contribution in [0.2, 0.25) is 0 Å². The van der Waals surface area contributed by atoms with E-state index >= 15 is 0 Å². The largest absolute Gasteiger partial charge is 0.490 e. The van der Waals surface area contributed by atoms with Crippen molar-refractivity contribution < 1.29 is 14.3 Å². The highest BCUT2D eigenvalue weighted by Gasteiger charge is 2.12. The first-order valence-electron chi connectivity index (χ1n) is 6.85. The van der Waals surface area contributed by atoms with Gasteiger partial charge in [-0.25, -0.2) is 0 Å². The smallest absolute Gasteiger partial charge is 0.185 e. The Labute approximate surface area is 123 Å². The van der Waals surface area contributed by atoms with Gasteiger partial charge in [0, 0.05) is 24.4 Å². The molecule has 0 saturated carbocycles. The molecular weight excluding hydrogens is 266 g/mol. The Bertz CT molecular complexity index is 665. The number of ketones is 1. The van der Waals surface area contributed by atoms with Crippen molar-refractivity contribution >= 4 is 11.9 Å². The molecular formula is C17H15NO3. The lowest BCUT2D eigenvalue weighted by Crippen LogP contribution is -1.98. The number of aromatic nitrogens is 1. The third-order valence-electron chi connectivity index (χ3n) is 3.14. The summed E-state index contributed by atoms with van der Waals surface area (Å²) in [6.45, 7) is 1.25. The van der Waals surface area contributed by atoms with Gasteiger partial charge in [0.2, 0.25) is 0 Å². The van der Waals surface area contributed by atoms with E-state index in [-0.39, 0.29) is 5.78 Å². The van der Waals surface area contributed by atoms with Crippen LogP contribution in [0.15, 0.2) is 48.8 Å². The van der Waals surface area contributed by atoms with Crippen LogP contribution in [0.4, 0.5) is 0 Å². The Morgan fingerprint density at radius 3 is 2.81 bits per heavy atom. The number of fused-ring (bicyclic) bond motifs is 1. The molecule has 0 fully saturated rings. The SMILES string of the molecule is O=C(C=Cc1cccnc1)c1ccc2c(c1)OCCCO2. The number of carbonyl (C=O) groups is 1. The molecule has 4 nitrogen and oxygen atoms in total. The molecule has 0 saturated heterocycles. The van der Waals surface area contributed by atoms with Gasteiger partial charge in [0.1, 0.15) is 0 Å². The third-order valence-corrected chi connectivity index (χ3v) is 3.14. The Kier molecular flexibility index (Phi) is 3.96. The lowest BCUT2D eigenvalue weighted by atomic mass is 10.1. The van der Waals surface area contributed by atoms with Gasteiger partial charge in [-0.05, 0) is 42.0 Å². The molecule has 0 aliphatic carbocycles. The molecule has 1 aromatic heterocycles. The van der Waals surface area contributed by atoms with Gasteiger partial charge in [-0.1, -0.05) is 6.07 Å². The first kappa shape index (κ1) is 13.4. The Morgan fingerprint density at radius 1 is 1.14 bits per heavy atom. The maximum absolute atomic E-state index is 12.2. The van der Waals surface area contributed by atoms with Crippen LogP contribution in [0.5, 0.6) is 11.5 Å². The fourth-order valence-electron chi connectivity index (χ4n) is 2.06. The van der Waals surface area contributed by atoms with E-state index in [0.717, 1.165) is 12.0 Å². The summed E-state index contributed by atoms with van der Waals surface area (Å²) in [5, 5.41) is 0. The minimum atomic E-state index is -0.0745. The zero-order valence-electron chi connectivity index (χ0n) is 11.5. The molecule has 0 atom stereocenters. The van der Waals surface area contributed by atoms with Gasteiger partial charge in [-0.15, -0.1) is 0 Å². The molecule has 0 unspecified atom stereocenters. The van der Waals surface area contributed by atoms with E-state index in [1.807, 2.05) is 12.1 Å².